The topological polar surface area (TPSA) is 58.4 Å². The Labute approximate surface area is 130 Å². The van der Waals surface area contributed by atoms with Crippen LogP contribution in [0.25, 0.3) is 0 Å². The lowest BCUT2D eigenvalue weighted by molar-refractivity contribution is -0.126. The van der Waals surface area contributed by atoms with Gasteiger partial charge in [-0.1, -0.05) is 34.6 Å². The number of nitrogens with two attached hydrogens (primary N) is 1. The smallest absolute Gasteiger partial charge is 0.237 e. The van der Waals surface area contributed by atoms with E-state index in [0.29, 0.717) is 11.3 Å². The summed E-state index contributed by atoms with van der Waals surface area (Å²) < 4.78 is 0. The van der Waals surface area contributed by atoms with Crippen molar-refractivity contribution in [1.82, 2.24) is 10.2 Å². The van der Waals surface area contributed by atoms with Crippen molar-refractivity contribution in [2.45, 2.75) is 65.8 Å². The van der Waals surface area contributed by atoms with E-state index in [1.807, 2.05) is 0 Å². The number of nitrogens with one attached hydrogen (secondary N) is 1. The molecule has 1 fully saturated rings. The van der Waals surface area contributed by atoms with Crippen LogP contribution in [0.1, 0.15) is 60.3 Å². The molecule has 124 valence electrons. The molecule has 4 heteroatoms. The largest absolute Gasteiger partial charge is 0.368 e. The van der Waals surface area contributed by atoms with Crippen molar-refractivity contribution in [2.24, 2.45) is 17.1 Å². The van der Waals surface area contributed by atoms with Gasteiger partial charge in [-0.05, 0) is 50.1 Å². The lowest BCUT2D eigenvalue weighted by Crippen LogP contribution is -2.59. The van der Waals surface area contributed by atoms with Crippen LogP contribution in [-0.4, -0.2) is 42.5 Å². The summed E-state index contributed by atoms with van der Waals surface area (Å²) in [5.41, 5.74) is 5.57. The maximum atomic E-state index is 12.0. The molecule has 0 aromatic rings. The van der Waals surface area contributed by atoms with Crippen LogP contribution in [0.5, 0.6) is 0 Å². The Morgan fingerprint density at radius 1 is 1.24 bits per heavy atom. The van der Waals surface area contributed by atoms with E-state index in [2.05, 4.69) is 44.8 Å². The van der Waals surface area contributed by atoms with Crippen LogP contribution in [0.3, 0.4) is 0 Å². The van der Waals surface area contributed by atoms with Crippen molar-refractivity contribution in [1.29, 1.82) is 0 Å². The maximum Gasteiger partial charge on any atom is 0.237 e. The van der Waals surface area contributed by atoms with Gasteiger partial charge in [0.2, 0.25) is 5.91 Å². The molecule has 0 heterocycles. The van der Waals surface area contributed by atoms with Crippen molar-refractivity contribution in [3.63, 3.8) is 0 Å². The second kappa shape index (κ2) is 7.59. The quantitative estimate of drug-likeness (QED) is 0.758. The number of hydrogen-bond donors (Lipinski definition) is 2. The first-order valence-electron chi connectivity index (χ1n) is 8.52. The van der Waals surface area contributed by atoms with E-state index in [4.69, 9.17) is 5.73 Å². The van der Waals surface area contributed by atoms with Crippen LogP contribution in [0.4, 0.5) is 0 Å². The number of carbonyl (C=O) groups is 1. The van der Waals surface area contributed by atoms with Crippen molar-refractivity contribution in [3.8, 4) is 0 Å². The lowest BCUT2D eigenvalue weighted by Gasteiger charge is -2.43. The second-order valence-electron chi connectivity index (χ2n) is 7.54. The van der Waals surface area contributed by atoms with E-state index in [9.17, 15) is 4.79 Å². The predicted molar refractivity (Wildman–Crippen MR) is 89.1 cm³/mol. The zero-order chi connectivity index (χ0) is 16.1. The van der Waals surface area contributed by atoms with Crippen LogP contribution >= 0.6 is 0 Å². The fourth-order valence-corrected chi connectivity index (χ4v) is 3.48. The molecule has 1 aliphatic carbocycles. The highest BCUT2D eigenvalue weighted by Gasteiger charge is 2.42. The average molecular weight is 297 g/mol. The zero-order valence-electron chi connectivity index (χ0n) is 14.7. The molecule has 0 radical (unpaired) electrons. The number of likely N-dealkylation sites (N-methyl/N-ethyl adjacent to an activating group) is 1. The van der Waals surface area contributed by atoms with Gasteiger partial charge in [0, 0.05) is 13.1 Å². The van der Waals surface area contributed by atoms with Gasteiger partial charge in [0.15, 0.2) is 0 Å². The number of carbonyl (C=O) groups excluding carboxylic acids is 1. The van der Waals surface area contributed by atoms with E-state index < -0.39 is 5.54 Å². The summed E-state index contributed by atoms with van der Waals surface area (Å²) in [5, 5.41) is 3.49. The highest BCUT2D eigenvalue weighted by Crippen LogP contribution is 2.41. The third kappa shape index (κ3) is 4.96. The van der Waals surface area contributed by atoms with Crippen molar-refractivity contribution < 1.29 is 4.79 Å². The van der Waals surface area contributed by atoms with Crippen molar-refractivity contribution in [3.05, 3.63) is 0 Å². The van der Waals surface area contributed by atoms with Gasteiger partial charge in [0.1, 0.15) is 0 Å². The number of primary amides is 1. The predicted octanol–water partition coefficient (Wildman–Crippen LogP) is 2.38. The third-order valence-electron chi connectivity index (χ3n) is 5.32. The molecule has 1 rings (SSSR count). The van der Waals surface area contributed by atoms with Gasteiger partial charge in [0.05, 0.1) is 5.54 Å². The summed E-state index contributed by atoms with van der Waals surface area (Å²) >= 11 is 0. The fourth-order valence-electron chi connectivity index (χ4n) is 3.48. The number of rotatable bonds is 7. The fraction of sp³-hybridized carbons (Fsp3) is 0.941. The summed E-state index contributed by atoms with van der Waals surface area (Å²) in [6.45, 7) is 15.1. The molecule has 0 spiro atoms. The van der Waals surface area contributed by atoms with E-state index >= 15 is 0 Å². The molecular formula is C17H35N3O. The lowest BCUT2D eigenvalue weighted by atomic mass is 9.67. The van der Waals surface area contributed by atoms with E-state index in [1.165, 1.54) is 0 Å². The molecule has 0 bridgehead atoms. The molecule has 0 saturated heterocycles. The first kappa shape index (κ1) is 18.4. The zero-order valence-corrected chi connectivity index (χ0v) is 14.7. The summed E-state index contributed by atoms with van der Waals surface area (Å²) in [5.74, 6) is 0.518. The first-order valence-corrected chi connectivity index (χ1v) is 8.52. The third-order valence-corrected chi connectivity index (χ3v) is 5.32. The molecule has 21 heavy (non-hydrogen) atoms. The molecule has 0 aromatic heterocycles. The highest BCUT2D eigenvalue weighted by atomic mass is 16.1. The summed E-state index contributed by atoms with van der Waals surface area (Å²) in [7, 11) is 0. The van der Waals surface area contributed by atoms with Crippen LogP contribution < -0.4 is 11.1 Å². The summed E-state index contributed by atoms with van der Waals surface area (Å²) in [6, 6.07) is 0. The summed E-state index contributed by atoms with van der Waals surface area (Å²) in [6.07, 6.45) is 3.93. The van der Waals surface area contributed by atoms with Gasteiger partial charge in [-0.2, -0.15) is 0 Å². The van der Waals surface area contributed by atoms with Gasteiger partial charge in [-0.15, -0.1) is 0 Å². The Morgan fingerprint density at radius 3 is 2.14 bits per heavy atom. The minimum atomic E-state index is -0.477. The first-order chi connectivity index (χ1) is 9.75. The standard InChI is InChI=1S/C17H35N3O/c1-6-20(7-2)13-12-19-17(15(18)21)10-8-14(9-11-17)16(3,4)5/h14,19H,6-13H2,1-5H3,(H2,18,21). The monoisotopic (exact) mass is 297 g/mol. The number of amides is 1. The van der Waals surface area contributed by atoms with Crippen molar-refractivity contribution >= 4 is 5.91 Å². The molecule has 1 amide bonds. The van der Waals surface area contributed by atoms with Crippen LogP contribution in [0, 0.1) is 11.3 Å². The number of nitrogens with zero attached hydrogens (tertiary/aromatic N) is 1. The summed E-state index contributed by atoms with van der Waals surface area (Å²) in [4.78, 5) is 14.4. The van der Waals surface area contributed by atoms with Gasteiger partial charge in [-0.3, -0.25) is 4.79 Å². The average Bonchev–Trinajstić information content (AvgIpc) is 2.43. The van der Waals surface area contributed by atoms with Crippen molar-refractivity contribution in [2.75, 3.05) is 26.2 Å². The Morgan fingerprint density at radius 2 is 1.76 bits per heavy atom. The SMILES string of the molecule is CCN(CC)CCNC1(C(N)=O)CCC(C(C)(C)C)CC1. The van der Waals surface area contributed by atoms with E-state index in [-0.39, 0.29) is 5.91 Å². The molecular weight excluding hydrogens is 262 g/mol. The molecule has 3 N–H and O–H groups in total. The Kier molecular flexibility index (Phi) is 6.67. The molecule has 4 nitrogen and oxygen atoms in total. The molecule has 0 unspecified atom stereocenters. The highest BCUT2D eigenvalue weighted by molar-refractivity contribution is 5.84. The van der Waals surface area contributed by atoms with Crippen LogP contribution in [-0.2, 0) is 4.79 Å². The van der Waals surface area contributed by atoms with Gasteiger partial charge < -0.3 is 16.0 Å². The minimum absolute atomic E-state index is 0.172. The van der Waals surface area contributed by atoms with E-state index in [1.54, 1.807) is 0 Å². The Balaban J connectivity index is 2.56. The van der Waals surface area contributed by atoms with Gasteiger partial charge in [0.25, 0.3) is 0 Å². The normalized spacial score (nSPS) is 27.0. The second-order valence-corrected chi connectivity index (χ2v) is 7.54. The Bertz CT molecular complexity index is 323. The minimum Gasteiger partial charge on any atom is -0.368 e. The van der Waals surface area contributed by atoms with Gasteiger partial charge >= 0.3 is 0 Å². The Hall–Kier alpha value is -0.610. The van der Waals surface area contributed by atoms with Crippen LogP contribution in [0.2, 0.25) is 0 Å². The molecule has 1 saturated carbocycles. The van der Waals surface area contributed by atoms with Crippen LogP contribution in [0.15, 0.2) is 0 Å². The maximum absolute atomic E-state index is 12.0. The molecule has 0 aliphatic heterocycles. The van der Waals surface area contributed by atoms with Gasteiger partial charge in [-0.25, -0.2) is 0 Å². The number of hydrogen-bond acceptors (Lipinski definition) is 3. The molecule has 0 aromatic carbocycles. The van der Waals surface area contributed by atoms with E-state index in [0.717, 1.165) is 51.9 Å². The molecule has 1 aliphatic rings. The molecule has 0 atom stereocenters.